The number of hydrogen-bond acceptors (Lipinski definition) is 22. The van der Waals surface area contributed by atoms with Gasteiger partial charge < -0.3 is 44.2 Å². The van der Waals surface area contributed by atoms with E-state index in [9.17, 15) is 43.2 Å². The fraction of sp³-hybridized carbons (Fsp3) is 0.226. The third-order valence-corrected chi connectivity index (χ3v) is 20.0. The number of aryl methyl sites for hydroxylation is 2. The Kier molecular flexibility index (Phi) is 63.3. The minimum Gasteiger partial charge on any atom is -1.00 e. The number of unbranched alkanes of at least 4 members (excludes halogenated alkanes) is 3. The van der Waals surface area contributed by atoms with Crippen molar-refractivity contribution in [3.05, 3.63) is 272 Å². The van der Waals surface area contributed by atoms with Gasteiger partial charge in [-0.25, -0.2) is 4.98 Å². The molecule has 27 nitrogen and oxygen atoms in total. The number of aromatic nitrogens is 2. The summed E-state index contributed by atoms with van der Waals surface area (Å²) in [6.45, 7) is 1.55. The number of rotatable bonds is 23. The van der Waals surface area contributed by atoms with Crippen LogP contribution in [0.25, 0.3) is 21.8 Å². The molecule has 0 unspecified atom stereocenters. The van der Waals surface area contributed by atoms with Crippen molar-refractivity contribution in [3.8, 4) is 0 Å². The number of nitrogen functional groups attached to an aromatic ring is 1. The fourth-order valence-electron chi connectivity index (χ4n) is 11.0. The number of carbonyl (C=O) groups excluding carboxylic acids is 11. The maximum Gasteiger partial charge on any atom is 1.00 e. The largest absolute Gasteiger partial charge is 1.00 e. The summed E-state index contributed by atoms with van der Waals surface area (Å²) in [7, 11) is 0. The Morgan fingerprint density at radius 1 is 0.508 bits per heavy atom. The van der Waals surface area contributed by atoms with E-state index in [0.29, 0.717) is 90.7 Å². The molecule has 0 spiro atoms. The minimum atomic E-state index is -0.657. The molecule has 0 fully saturated rings. The van der Waals surface area contributed by atoms with Gasteiger partial charge in [-0.05, 0) is 214 Å². The first-order valence-electron chi connectivity index (χ1n) is 36.4. The van der Waals surface area contributed by atoms with Gasteiger partial charge in [0.2, 0.25) is 17.1 Å². The number of benzene rings is 8. The maximum atomic E-state index is 12.2. The van der Waals surface area contributed by atoms with E-state index in [2.05, 4.69) is 134 Å². The van der Waals surface area contributed by atoms with Gasteiger partial charge >= 0.3 is 241 Å². The molecule has 636 valence electrons. The molecule has 0 atom stereocenters. The smallest absolute Gasteiger partial charge is 1.00 e. The second-order valence-electron chi connectivity index (χ2n) is 25.2. The molecule has 0 saturated carbocycles. The quantitative estimate of drug-likeness (QED) is 0.00500. The van der Waals surface area contributed by atoms with Gasteiger partial charge in [0.25, 0.3) is 48.4 Å². The first-order valence-corrected chi connectivity index (χ1v) is 42.2. The van der Waals surface area contributed by atoms with Crippen LogP contribution < -0.4 is 267 Å². The number of nitrogens with two attached hydrogens (primary N) is 1. The van der Waals surface area contributed by atoms with Crippen molar-refractivity contribution in [1.29, 1.82) is 0 Å². The fourth-order valence-corrected chi connectivity index (χ4v) is 13.6. The number of hydroxylamine groups is 6. The topological polar surface area (TPSA) is 386 Å². The molecule has 14 rings (SSSR count). The molecule has 8 amide bonds. The van der Waals surface area contributed by atoms with Gasteiger partial charge in [-0.2, -0.15) is 0 Å². The van der Waals surface area contributed by atoms with Crippen LogP contribution in [0.15, 0.2) is 216 Å². The molecular weight excluding hydrogens is 2310 g/mol. The molecule has 0 bridgehead atoms. The number of ether oxygens (including phenoxy) is 1. The molecule has 124 heavy (non-hydrogen) atoms. The SMILES string of the molecule is Brc1ccc2cc3c(nc2c1)COCCC3.Nc1cccc(Br)c1.O=C(CCCCCl)Nc1cccc(Br)c1.O=C(CCCCON1C(=O)c2ccccc2C1=O)Nc1cccc(Br)c1.O=C(Cl)CCCCCl.O=C1c2ccccc2C(=O)N1O.O=C1c2ccccc2C(=O)N1OCCCc1cc2ccc(Br)cc2nc1Cl.O=CO[O-].O=CO[O-].[Cs+].[Cs+].[H-].[H-].[K+].[K+]. The van der Waals surface area contributed by atoms with Crippen molar-refractivity contribution in [2.45, 2.75) is 90.1 Å². The molecule has 2 aromatic heterocycles. The maximum absolute atomic E-state index is 12.2. The van der Waals surface area contributed by atoms with Crippen LogP contribution >= 0.6 is 126 Å². The number of hydrogen-bond donors (Lipinski definition) is 4. The standard InChI is InChI=1S/C20H14BrClN2O3.C19H17BrN2O4.C13H12BrNO.C11H13BrClNO.C8H5NO3.C6H6BrN.C5H8Cl2O.2CH2O3.2Cs.2K.2H/c21-14-8-7-12-10-13(18(22)23-17(12)11-14)4-3-9-27-24-19(25)15-5-1-2-6-16(15)20(24)26;20-13-6-5-7-14(12-13)21-17(23)10-3-4-11-26-22-18(24)15-8-1-2-9-16(15)19(22)25;14-11-4-3-10-6-9-2-1-5-16-8-13(9)15-12(10)7-11;12-9-4-3-5-10(8-9)14-11(15)6-1-2-7-13;10-7-5-3-1-2-4-6(5)8(11)9(7)12;7-5-2-1-3-6(8)4-5;6-4-2-1-3-5(7)8;2*2-1-4-3;;;;;;/h1-2,5-8,10-11H,3-4,9H2;1-2,5-9,12H,3-4,10-11H2,(H,21,23);3-4,6-7H,1-2,5,8H2;3-5,8H,1-2,6-7H2,(H,14,15);1-4,12H;1-4H,8H2;1-4H2;2*1,3H;;;;;;/q;;;;;;;;;4*+1;2*-1/p-2. The zero-order valence-corrected chi connectivity index (χ0v) is 97.3. The molecule has 10 aromatic rings. The van der Waals surface area contributed by atoms with Crippen molar-refractivity contribution in [3.63, 3.8) is 0 Å². The Labute approximate surface area is 983 Å². The Morgan fingerprint density at radius 3 is 1.30 bits per heavy atom. The number of carbonyl (C=O) groups is 11. The predicted molar refractivity (Wildman–Crippen MR) is 469 cm³/mol. The van der Waals surface area contributed by atoms with Gasteiger partial charge in [0.05, 0.1) is 69.9 Å². The van der Waals surface area contributed by atoms with E-state index in [1.165, 1.54) is 23.1 Å². The van der Waals surface area contributed by atoms with Crippen molar-refractivity contribution in [2.24, 2.45) is 0 Å². The van der Waals surface area contributed by atoms with Crippen molar-refractivity contribution >= 4 is 230 Å². The Bertz CT molecular complexity index is 5100. The third-order valence-electron chi connectivity index (χ3n) is 16.5. The van der Waals surface area contributed by atoms with Gasteiger partial charge in [0.15, 0.2) is 0 Å². The zero-order chi connectivity index (χ0) is 87.5. The summed E-state index contributed by atoms with van der Waals surface area (Å²) in [6, 6.07) is 58.4. The average molecular weight is 2390 g/mol. The second kappa shape index (κ2) is 66.4. The van der Waals surface area contributed by atoms with Gasteiger partial charge in [-0.15, -0.1) is 38.4 Å². The summed E-state index contributed by atoms with van der Waals surface area (Å²) >= 11 is 39.0. The van der Waals surface area contributed by atoms with Crippen molar-refractivity contribution in [2.75, 3.05) is 47.9 Å². The van der Waals surface area contributed by atoms with Gasteiger partial charge in [-0.1, -0.05) is 158 Å². The monoisotopic (exact) mass is 2380 g/mol. The third kappa shape index (κ3) is 41.7. The van der Waals surface area contributed by atoms with Gasteiger partial charge in [-0.3, -0.25) is 72.6 Å². The molecule has 40 heteroatoms. The van der Waals surface area contributed by atoms with E-state index >= 15 is 0 Å². The van der Waals surface area contributed by atoms with E-state index in [-0.39, 0.29) is 303 Å². The second-order valence-corrected chi connectivity index (χ2v) is 31.3. The molecule has 6 heterocycles. The molecule has 0 radical (unpaired) electrons. The Hall–Kier alpha value is -1.95. The summed E-state index contributed by atoms with van der Waals surface area (Å²) < 4.78 is 10.4. The Balaban J connectivity index is 0.00000147. The Morgan fingerprint density at radius 2 is 0.895 bits per heavy atom. The number of anilines is 3. The molecule has 8 aromatic carbocycles. The van der Waals surface area contributed by atoms with Crippen molar-refractivity contribution < 1.29 is 336 Å². The molecular formula is C84H79Br5Cl4Cs2K2N8O19. The van der Waals surface area contributed by atoms with E-state index in [1.807, 2.05) is 97.1 Å². The van der Waals surface area contributed by atoms with Gasteiger partial charge in [0.1, 0.15) is 5.15 Å². The number of imide groups is 3. The van der Waals surface area contributed by atoms with E-state index < -0.39 is 35.4 Å². The van der Waals surface area contributed by atoms with Crippen LogP contribution in [-0.4, -0.2) is 127 Å². The molecule has 4 aliphatic heterocycles. The number of amides is 8. The van der Waals surface area contributed by atoms with E-state index in [4.69, 9.17) is 91.9 Å². The number of nitrogens with zero attached hydrogens (tertiary/aromatic N) is 5. The molecule has 5 N–H and O–H groups in total. The summed E-state index contributed by atoms with van der Waals surface area (Å²) in [4.78, 5) is 147. The van der Waals surface area contributed by atoms with Crippen LogP contribution in [0.5, 0.6) is 0 Å². The summed E-state index contributed by atoms with van der Waals surface area (Å²) in [5, 5.41) is 35.6. The van der Waals surface area contributed by atoms with Crippen LogP contribution in [0.3, 0.4) is 0 Å². The molecule has 4 aliphatic rings. The number of fused-ring (bicyclic) bond motifs is 6. The average Bonchev–Trinajstić information content (AvgIpc) is 1.63. The van der Waals surface area contributed by atoms with Crippen LogP contribution in [-0.2, 0) is 67.6 Å². The minimum absolute atomic E-state index is 0. The predicted octanol–water partition coefficient (Wildman–Crippen LogP) is 5.83. The normalized spacial score (nSPS) is 11.9. The molecule has 0 aliphatic carbocycles. The first kappa shape index (κ1) is 118. The number of nitrogens with one attached hydrogen (secondary N) is 2. The zero-order valence-electron chi connectivity index (χ0n) is 69.6. The van der Waals surface area contributed by atoms with Crippen LogP contribution in [0, 0.1) is 0 Å². The summed E-state index contributed by atoms with van der Waals surface area (Å²) in [5.41, 5.74) is 14.9. The summed E-state index contributed by atoms with van der Waals surface area (Å²) in [6.07, 6.45) is 9.25. The van der Waals surface area contributed by atoms with Gasteiger partial charge in [0, 0.05) is 87.8 Å². The van der Waals surface area contributed by atoms with Crippen LogP contribution in [0.2, 0.25) is 5.15 Å². The van der Waals surface area contributed by atoms with Crippen LogP contribution in [0.1, 0.15) is 152 Å². The number of halogens is 9. The van der Waals surface area contributed by atoms with E-state index in [1.54, 1.807) is 60.7 Å². The van der Waals surface area contributed by atoms with E-state index in [0.717, 1.165) is 122 Å². The molecule has 0 saturated heterocycles. The number of alkyl halides is 2. The van der Waals surface area contributed by atoms with Crippen LogP contribution in [0.4, 0.5) is 17.1 Å². The van der Waals surface area contributed by atoms with Crippen molar-refractivity contribution in [1.82, 2.24) is 25.2 Å². The summed E-state index contributed by atoms with van der Waals surface area (Å²) in [5.74, 6) is -1.88. The first-order chi connectivity index (χ1) is 57.7. The number of pyridine rings is 2.